The predicted octanol–water partition coefficient (Wildman–Crippen LogP) is 4.04. The first-order valence-electron chi connectivity index (χ1n) is 8.74. The van der Waals surface area contributed by atoms with Gasteiger partial charge in [0.2, 0.25) is 5.91 Å². The van der Waals surface area contributed by atoms with Gasteiger partial charge in [-0.2, -0.15) is 0 Å². The number of nitrogens with zero attached hydrogens (tertiary/aromatic N) is 1. The number of carbonyl (C=O) groups excluding carboxylic acids is 2. The van der Waals surface area contributed by atoms with Crippen LogP contribution < -0.4 is 0 Å². The molecule has 0 N–H and O–H groups in total. The van der Waals surface area contributed by atoms with E-state index in [0.717, 1.165) is 17.5 Å². The van der Waals surface area contributed by atoms with E-state index < -0.39 is 0 Å². The summed E-state index contributed by atoms with van der Waals surface area (Å²) in [6.45, 7) is 0.842. The van der Waals surface area contributed by atoms with Gasteiger partial charge in [-0.1, -0.05) is 60.1 Å². The molecule has 2 atom stereocenters. The number of ether oxygens (including phenoxy) is 1. The minimum absolute atomic E-state index is 0.0719. The van der Waals surface area contributed by atoms with Crippen molar-refractivity contribution in [3.63, 3.8) is 0 Å². The number of amides is 1. The van der Waals surface area contributed by atoms with Gasteiger partial charge in [0.25, 0.3) is 0 Å². The van der Waals surface area contributed by atoms with Gasteiger partial charge in [0.1, 0.15) is 0 Å². The van der Waals surface area contributed by atoms with Crippen LogP contribution in [0.25, 0.3) is 0 Å². The van der Waals surface area contributed by atoms with E-state index in [-0.39, 0.29) is 30.1 Å². The van der Waals surface area contributed by atoms with E-state index in [1.54, 1.807) is 4.90 Å². The molecule has 2 unspecified atom stereocenters. The summed E-state index contributed by atoms with van der Waals surface area (Å²) in [7, 11) is 1.36. The summed E-state index contributed by atoms with van der Waals surface area (Å²) in [5.74, 6) is -0.152. The van der Waals surface area contributed by atoms with Gasteiger partial charge in [0.15, 0.2) is 0 Å². The highest BCUT2D eigenvalue weighted by molar-refractivity contribution is 6.31. The molecule has 2 aromatic rings. The second-order valence-corrected chi connectivity index (χ2v) is 6.95. The Morgan fingerprint density at radius 1 is 1.12 bits per heavy atom. The average Bonchev–Trinajstić information content (AvgIpc) is 3.46. The third-order valence-electron chi connectivity index (χ3n) is 4.75. The Morgan fingerprint density at radius 2 is 1.81 bits per heavy atom. The summed E-state index contributed by atoms with van der Waals surface area (Å²) < 4.78 is 4.72. The molecular weight excluding hydrogens is 350 g/mol. The van der Waals surface area contributed by atoms with Crippen molar-refractivity contribution >= 4 is 23.5 Å². The normalized spacial score (nSPS) is 18.2. The topological polar surface area (TPSA) is 46.6 Å². The monoisotopic (exact) mass is 371 g/mol. The van der Waals surface area contributed by atoms with Crippen LogP contribution in [0.15, 0.2) is 54.6 Å². The summed E-state index contributed by atoms with van der Waals surface area (Å²) >= 11 is 6.27. The fraction of sp³-hybridized carbons (Fsp3) is 0.333. The van der Waals surface area contributed by atoms with E-state index in [1.807, 2.05) is 54.6 Å². The fourth-order valence-electron chi connectivity index (χ4n) is 3.22. The molecule has 2 aromatic carbocycles. The highest BCUT2D eigenvalue weighted by Gasteiger charge is 2.46. The highest BCUT2D eigenvalue weighted by Crippen LogP contribution is 2.50. The molecule has 1 aliphatic carbocycles. The van der Waals surface area contributed by atoms with Crippen LogP contribution >= 0.6 is 11.6 Å². The van der Waals surface area contributed by atoms with Crippen LogP contribution in [-0.2, 0) is 20.9 Å². The molecule has 136 valence electrons. The maximum Gasteiger partial charge on any atom is 0.307 e. The van der Waals surface area contributed by atoms with Crippen LogP contribution in [0.3, 0.4) is 0 Å². The molecule has 26 heavy (non-hydrogen) atoms. The van der Waals surface area contributed by atoms with Gasteiger partial charge in [-0.15, -0.1) is 0 Å². The number of esters is 1. The summed E-state index contributed by atoms with van der Waals surface area (Å²) in [6.07, 6.45) is 0.991. The third-order valence-corrected chi connectivity index (χ3v) is 5.10. The van der Waals surface area contributed by atoms with Crippen LogP contribution in [0.2, 0.25) is 5.02 Å². The van der Waals surface area contributed by atoms with E-state index in [4.69, 9.17) is 16.3 Å². The van der Waals surface area contributed by atoms with E-state index in [0.29, 0.717) is 18.1 Å². The van der Waals surface area contributed by atoms with Crippen molar-refractivity contribution < 1.29 is 14.3 Å². The van der Waals surface area contributed by atoms with Gasteiger partial charge in [0.05, 0.1) is 13.5 Å². The van der Waals surface area contributed by atoms with Crippen molar-refractivity contribution in [1.29, 1.82) is 0 Å². The van der Waals surface area contributed by atoms with Crippen LogP contribution in [0.5, 0.6) is 0 Å². The van der Waals surface area contributed by atoms with Gasteiger partial charge in [-0.3, -0.25) is 9.59 Å². The van der Waals surface area contributed by atoms with Crippen molar-refractivity contribution in [3.8, 4) is 0 Å². The molecule has 0 spiro atoms. The largest absolute Gasteiger partial charge is 0.469 e. The number of hydrogen-bond acceptors (Lipinski definition) is 3. The van der Waals surface area contributed by atoms with Gasteiger partial charge >= 0.3 is 5.97 Å². The minimum atomic E-state index is -0.311. The SMILES string of the molecule is COC(=O)CCN(Cc1ccccc1)C(=O)C1CC1c1ccccc1Cl. The van der Waals surface area contributed by atoms with Gasteiger partial charge in [-0.25, -0.2) is 0 Å². The fourth-order valence-corrected chi connectivity index (χ4v) is 3.50. The van der Waals surface area contributed by atoms with Crippen LogP contribution in [0.1, 0.15) is 29.9 Å². The molecule has 1 aliphatic rings. The van der Waals surface area contributed by atoms with Crippen molar-refractivity contribution in [3.05, 3.63) is 70.7 Å². The summed E-state index contributed by atoms with van der Waals surface area (Å²) in [5.41, 5.74) is 2.07. The zero-order valence-electron chi connectivity index (χ0n) is 14.7. The highest BCUT2D eigenvalue weighted by atomic mass is 35.5. The molecule has 0 saturated heterocycles. The van der Waals surface area contributed by atoms with E-state index in [1.165, 1.54) is 7.11 Å². The Labute approximate surface area is 158 Å². The molecule has 0 heterocycles. The lowest BCUT2D eigenvalue weighted by Crippen LogP contribution is -2.34. The predicted molar refractivity (Wildman–Crippen MR) is 101 cm³/mol. The summed E-state index contributed by atoms with van der Waals surface area (Å²) in [4.78, 5) is 26.3. The molecule has 5 heteroatoms. The van der Waals surface area contributed by atoms with Gasteiger partial charge in [-0.05, 0) is 29.5 Å². The summed E-state index contributed by atoms with van der Waals surface area (Å²) in [6, 6.07) is 17.5. The standard InChI is InChI=1S/C21H22ClNO3/c1-26-20(24)11-12-23(14-15-7-3-2-4-8-15)21(25)18-13-17(18)16-9-5-6-10-19(16)22/h2-10,17-18H,11-14H2,1H3. The van der Waals surface area contributed by atoms with Crippen molar-refractivity contribution in [2.45, 2.75) is 25.3 Å². The van der Waals surface area contributed by atoms with Gasteiger partial charge in [0, 0.05) is 24.0 Å². The Hall–Kier alpha value is -2.33. The molecule has 0 aromatic heterocycles. The van der Waals surface area contributed by atoms with Crippen LogP contribution in [-0.4, -0.2) is 30.4 Å². The maximum atomic E-state index is 13.0. The zero-order valence-corrected chi connectivity index (χ0v) is 15.5. The second kappa shape index (κ2) is 8.37. The van der Waals surface area contributed by atoms with Crippen LogP contribution in [0, 0.1) is 5.92 Å². The Balaban J connectivity index is 1.70. The summed E-state index contributed by atoms with van der Waals surface area (Å²) in [5, 5.41) is 0.706. The average molecular weight is 372 g/mol. The Kier molecular flexibility index (Phi) is 5.94. The molecule has 4 nitrogen and oxygen atoms in total. The molecular formula is C21H22ClNO3. The molecule has 0 bridgehead atoms. The van der Waals surface area contributed by atoms with Crippen LogP contribution in [0.4, 0.5) is 0 Å². The lowest BCUT2D eigenvalue weighted by molar-refractivity contribution is -0.142. The number of hydrogen-bond donors (Lipinski definition) is 0. The zero-order chi connectivity index (χ0) is 18.5. The van der Waals surface area contributed by atoms with Crippen molar-refractivity contribution in [2.24, 2.45) is 5.92 Å². The number of methoxy groups -OCH3 is 1. The van der Waals surface area contributed by atoms with Crippen molar-refractivity contribution in [2.75, 3.05) is 13.7 Å². The first-order chi connectivity index (χ1) is 12.6. The maximum absolute atomic E-state index is 13.0. The number of benzene rings is 2. The quantitative estimate of drug-likeness (QED) is 0.690. The molecule has 1 fully saturated rings. The number of rotatable bonds is 7. The number of halogens is 1. The molecule has 3 rings (SSSR count). The Morgan fingerprint density at radius 3 is 2.50 bits per heavy atom. The molecule has 0 aliphatic heterocycles. The van der Waals surface area contributed by atoms with Crippen molar-refractivity contribution in [1.82, 2.24) is 4.90 Å². The van der Waals surface area contributed by atoms with Gasteiger partial charge < -0.3 is 9.64 Å². The first kappa shape index (κ1) is 18.5. The lowest BCUT2D eigenvalue weighted by Gasteiger charge is -2.23. The molecule has 1 amide bonds. The molecule has 0 radical (unpaired) electrons. The Bertz CT molecular complexity index is 778. The lowest BCUT2D eigenvalue weighted by atomic mass is 10.1. The molecule has 1 saturated carbocycles. The number of carbonyl (C=O) groups is 2. The van der Waals surface area contributed by atoms with E-state index in [9.17, 15) is 9.59 Å². The van der Waals surface area contributed by atoms with E-state index in [2.05, 4.69) is 0 Å². The third kappa shape index (κ3) is 4.44. The second-order valence-electron chi connectivity index (χ2n) is 6.54. The van der Waals surface area contributed by atoms with E-state index >= 15 is 0 Å². The first-order valence-corrected chi connectivity index (χ1v) is 9.12. The minimum Gasteiger partial charge on any atom is -0.469 e. The smallest absolute Gasteiger partial charge is 0.307 e.